The van der Waals surface area contributed by atoms with Crippen molar-refractivity contribution in [3.8, 4) is 0 Å². The minimum Gasteiger partial charge on any atom is -0.294 e. The molecular weight excluding hydrogens is 264 g/mol. The molecule has 3 aromatic heterocycles. The van der Waals surface area contributed by atoms with Crippen LogP contribution in [0.3, 0.4) is 0 Å². The van der Waals surface area contributed by atoms with E-state index >= 15 is 0 Å². The molecule has 1 atom stereocenters. The fraction of sp³-hybridized carbons (Fsp3) is 0.125. The maximum absolute atomic E-state index is 12.3. The number of rotatable bonds is 3. The average Bonchev–Trinajstić information content (AvgIpc) is 3.09. The first-order valence-electron chi connectivity index (χ1n) is 6.77. The van der Waals surface area contributed by atoms with Gasteiger partial charge in [0.25, 0.3) is 0 Å². The van der Waals surface area contributed by atoms with Crippen LogP contribution in [0.25, 0.3) is 17.7 Å². The van der Waals surface area contributed by atoms with E-state index in [2.05, 4.69) is 33.5 Å². The highest BCUT2D eigenvalue weighted by atomic mass is 16.1. The van der Waals surface area contributed by atoms with Gasteiger partial charge in [-0.25, -0.2) is 4.52 Å². The van der Waals surface area contributed by atoms with Gasteiger partial charge in [-0.1, -0.05) is 23.4 Å². The van der Waals surface area contributed by atoms with Crippen LogP contribution in [-0.4, -0.2) is 25.6 Å². The quantitative estimate of drug-likeness (QED) is 0.681. The Labute approximate surface area is 120 Å². The standard InChI is InChI=1S/C16H12N4O/c21-16(12-3-5-17-6-4-12)8-11-1-2-13-10-20-15(9-18-19-20)14(13)7-11/h1-7,9-11H,8H2. The van der Waals surface area contributed by atoms with Gasteiger partial charge in [0.15, 0.2) is 5.78 Å². The number of hydrogen-bond donors (Lipinski definition) is 0. The fourth-order valence-corrected chi connectivity index (χ4v) is 2.69. The van der Waals surface area contributed by atoms with Gasteiger partial charge >= 0.3 is 0 Å². The molecule has 0 saturated carbocycles. The van der Waals surface area contributed by atoms with E-state index in [1.165, 1.54) is 0 Å². The van der Waals surface area contributed by atoms with E-state index in [1.807, 2.05) is 6.20 Å². The van der Waals surface area contributed by atoms with E-state index in [0.717, 1.165) is 16.3 Å². The molecule has 0 fully saturated rings. The summed E-state index contributed by atoms with van der Waals surface area (Å²) in [6, 6.07) is 3.50. The summed E-state index contributed by atoms with van der Waals surface area (Å²) in [5.41, 5.74) is 2.81. The van der Waals surface area contributed by atoms with Gasteiger partial charge in [-0.2, -0.15) is 0 Å². The molecule has 0 radical (unpaired) electrons. The van der Waals surface area contributed by atoms with E-state index in [-0.39, 0.29) is 11.7 Å². The number of carbonyl (C=O) groups is 1. The number of aromatic nitrogens is 4. The molecule has 0 bridgehead atoms. The van der Waals surface area contributed by atoms with Crippen LogP contribution in [0.15, 0.2) is 43.0 Å². The molecule has 0 spiro atoms. The van der Waals surface area contributed by atoms with Crippen molar-refractivity contribution < 1.29 is 4.79 Å². The molecule has 0 saturated heterocycles. The highest BCUT2D eigenvalue weighted by molar-refractivity contribution is 5.96. The molecule has 0 aliphatic heterocycles. The molecule has 4 rings (SSSR count). The van der Waals surface area contributed by atoms with Crippen LogP contribution in [0.1, 0.15) is 22.3 Å². The lowest BCUT2D eigenvalue weighted by atomic mass is 9.93. The summed E-state index contributed by atoms with van der Waals surface area (Å²) >= 11 is 0. The highest BCUT2D eigenvalue weighted by Crippen LogP contribution is 2.18. The van der Waals surface area contributed by atoms with Gasteiger partial charge in [-0.15, -0.1) is 5.10 Å². The van der Waals surface area contributed by atoms with Crippen molar-refractivity contribution in [2.24, 2.45) is 5.92 Å². The van der Waals surface area contributed by atoms with Crippen LogP contribution in [0.5, 0.6) is 0 Å². The Morgan fingerprint density at radius 1 is 1.29 bits per heavy atom. The summed E-state index contributed by atoms with van der Waals surface area (Å²) in [4.78, 5) is 16.2. The Morgan fingerprint density at radius 2 is 2.14 bits per heavy atom. The Morgan fingerprint density at radius 3 is 3.00 bits per heavy atom. The Hall–Kier alpha value is -2.82. The number of fused-ring (bicyclic) bond motifs is 3. The molecule has 21 heavy (non-hydrogen) atoms. The molecule has 1 aliphatic rings. The zero-order valence-corrected chi connectivity index (χ0v) is 11.2. The average molecular weight is 276 g/mol. The molecule has 3 heterocycles. The normalized spacial score (nSPS) is 16.7. The molecule has 102 valence electrons. The second kappa shape index (κ2) is 4.63. The van der Waals surface area contributed by atoms with Gasteiger partial charge in [-0.3, -0.25) is 9.78 Å². The SMILES string of the molecule is O=C(CC1C=Cc2cn3nncc3c2=C1)c1ccncc1. The maximum atomic E-state index is 12.3. The Bertz CT molecular complexity index is 895. The predicted molar refractivity (Wildman–Crippen MR) is 78.4 cm³/mol. The van der Waals surface area contributed by atoms with Gasteiger partial charge in [0.1, 0.15) is 0 Å². The third-order valence-corrected chi connectivity index (χ3v) is 3.75. The zero-order valence-electron chi connectivity index (χ0n) is 11.2. The number of nitrogens with zero attached hydrogens (tertiary/aromatic N) is 4. The van der Waals surface area contributed by atoms with Gasteiger partial charge in [-0.05, 0) is 12.1 Å². The summed E-state index contributed by atoms with van der Waals surface area (Å²) in [6.45, 7) is 0. The lowest BCUT2D eigenvalue weighted by Gasteiger charge is -2.10. The van der Waals surface area contributed by atoms with Crippen LogP contribution in [0.2, 0.25) is 0 Å². The van der Waals surface area contributed by atoms with Crippen LogP contribution >= 0.6 is 0 Å². The molecule has 1 unspecified atom stereocenters. The number of pyridine rings is 1. The molecule has 5 nitrogen and oxygen atoms in total. The monoisotopic (exact) mass is 276 g/mol. The summed E-state index contributed by atoms with van der Waals surface area (Å²) in [5, 5.41) is 9.00. The van der Waals surface area contributed by atoms with Crippen molar-refractivity contribution in [3.63, 3.8) is 0 Å². The van der Waals surface area contributed by atoms with Gasteiger partial charge in [0.2, 0.25) is 0 Å². The summed E-state index contributed by atoms with van der Waals surface area (Å²) in [7, 11) is 0. The van der Waals surface area contributed by atoms with Crippen LogP contribution in [0, 0.1) is 5.92 Å². The van der Waals surface area contributed by atoms with Gasteiger partial charge < -0.3 is 0 Å². The van der Waals surface area contributed by atoms with Crippen LogP contribution < -0.4 is 5.22 Å². The summed E-state index contributed by atoms with van der Waals surface area (Å²) < 4.78 is 1.76. The molecule has 3 aromatic rings. The van der Waals surface area contributed by atoms with Crippen molar-refractivity contribution >= 4 is 23.5 Å². The van der Waals surface area contributed by atoms with E-state index in [1.54, 1.807) is 35.2 Å². The molecule has 1 aliphatic carbocycles. The van der Waals surface area contributed by atoms with Crippen molar-refractivity contribution in [2.45, 2.75) is 6.42 Å². The van der Waals surface area contributed by atoms with Gasteiger partial charge in [0.05, 0.1) is 11.7 Å². The third-order valence-electron chi connectivity index (χ3n) is 3.75. The fourth-order valence-electron chi connectivity index (χ4n) is 2.69. The molecule has 5 heteroatoms. The highest BCUT2D eigenvalue weighted by Gasteiger charge is 2.15. The van der Waals surface area contributed by atoms with Crippen LogP contribution in [-0.2, 0) is 0 Å². The number of ketones is 1. The van der Waals surface area contributed by atoms with Crippen molar-refractivity contribution in [1.82, 2.24) is 19.8 Å². The zero-order chi connectivity index (χ0) is 14.2. The van der Waals surface area contributed by atoms with Crippen molar-refractivity contribution in [3.05, 3.63) is 59.3 Å². The minimum atomic E-state index is 0.0965. The number of carbonyl (C=O) groups excluding carboxylic acids is 1. The smallest absolute Gasteiger partial charge is 0.163 e. The van der Waals surface area contributed by atoms with E-state index in [4.69, 9.17) is 0 Å². The van der Waals surface area contributed by atoms with E-state index in [9.17, 15) is 4.79 Å². The topological polar surface area (TPSA) is 60.2 Å². The number of hydrogen-bond acceptors (Lipinski definition) is 4. The minimum absolute atomic E-state index is 0.0965. The maximum Gasteiger partial charge on any atom is 0.163 e. The summed E-state index contributed by atoms with van der Waals surface area (Å²) in [5.74, 6) is 0.222. The largest absolute Gasteiger partial charge is 0.294 e. The first-order valence-corrected chi connectivity index (χ1v) is 6.77. The first kappa shape index (κ1) is 12.0. The number of Topliss-reactive ketones (excluding diaryl/α,β-unsaturated/α-hetero) is 1. The second-order valence-corrected chi connectivity index (χ2v) is 5.11. The molecule has 0 N–H and O–H groups in total. The second-order valence-electron chi connectivity index (χ2n) is 5.11. The third kappa shape index (κ3) is 2.03. The molecular formula is C16H12N4O. The lowest BCUT2D eigenvalue weighted by molar-refractivity contribution is 0.0977. The van der Waals surface area contributed by atoms with Gasteiger partial charge in [0, 0.05) is 47.3 Å². The number of allylic oxidation sites excluding steroid dienone is 1. The van der Waals surface area contributed by atoms with Crippen molar-refractivity contribution in [2.75, 3.05) is 0 Å². The molecule has 0 aromatic carbocycles. The van der Waals surface area contributed by atoms with Crippen LogP contribution in [0.4, 0.5) is 0 Å². The molecule has 0 amide bonds. The lowest BCUT2D eigenvalue weighted by Crippen LogP contribution is -2.13. The van der Waals surface area contributed by atoms with Crippen molar-refractivity contribution in [1.29, 1.82) is 0 Å². The summed E-state index contributed by atoms with van der Waals surface area (Å²) in [6.07, 6.45) is 13.7. The van der Waals surface area contributed by atoms with E-state index < -0.39 is 0 Å². The first-order chi connectivity index (χ1) is 10.3. The van der Waals surface area contributed by atoms with E-state index in [0.29, 0.717) is 12.0 Å². The Balaban J connectivity index is 1.65. The Kier molecular flexibility index (Phi) is 2.64. The predicted octanol–water partition coefficient (Wildman–Crippen LogP) is 1.54.